The Balaban J connectivity index is 1.27. The molecule has 7 rings (SSSR count). The number of hydrogen-bond acceptors (Lipinski definition) is 19. The highest BCUT2D eigenvalue weighted by molar-refractivity contribution is 7.56. The molecule has 372 valence electrons. The molecule has 2 aliphatic heterocycles. The fraction of sp³-hybridized carbons (Fsp3) is 0.476. The SMILES string of the molecule is C=CCOP(=O)(OCCC#N)[C@@]1(C)C(COP(=O)(OCCC#N)[C@@]2(C)C(CO)OC(n3cnc4c(NC(=O)c5ccccc5)ncnc43)[C@@H]2F)OC(n2cnc3c(=O)[nH]c(NC(=O)C(C)C)nc32)[C@@H]1F. The van der Waals surface area contributed by atoms with Crippen LogP contribution in [0.15, 0.2) is 66.8 Å². The number of aromatic amines is 1. The molecule has 2 amide bonds. The van der Waals surface area contributed by atoms with Gasteiger partial charge in [0.05, 0.1) is 70.7 Å². The summed E-state index contributed by atoms with van der Waals surface area (Å²) in [5.41, 5.74) is -1.18. The molecular weight excluding hydrogens is 964 g/mol. The number of carbonyl (C=O) groups is 2. The standard InChI is InChI=1S/C42H48F2N12O12P2/c1-6-16-63-69(61,64-17-10-14-45)42(5)27(68-39(31(42)44)56-23-50-29-34(56)52-40(54-37(29)60)53-35(58)24(2)3)20-66-70(62,65-18-11-15-46)41(4)26(19-57)67-38(30(41)43)55-22-49-28-32(47-21-48-33(28)55)51-36(59)25-12-8-7-9-13-25/h6-9,12-13,21-24,26-27,30-31,38-39,57H,1,10-11,16-20H2,2-5H3,(H,47,48,51,59)(H2,52,53,54,58,60)/t26?,27?,30-,31-,38?,39?,41-,42-,69?,70?/m0/s1. The highest BCUT2D eigenvalue weighted by Crippen LogP contribution is 2.71. The molecule has 0 radical (unpaired) electrons. The van der Waals surface area contributed by atoms with E-state index in [0.717, 1.165) is 42.0 Å². The first kappa shape index (κ1) is 51.7. The number of H-pyrrole nitrogens is 1. The van der Waals surface area contributed by atoms with E-state index in [1.807, 2.05) is 12.1 Å². The zero-order chi connectivity index (χ0) is 50.6. The van der Waals surface area contributed by atoms with Crippen molar-refractivity contribution in [3.8, 4) is 12.1 Å². The molecule has 10 atom stereocenters. The Kier molecular flexibility index (Phi) is 15.5. The summed E-state index contributed by atoms with van der Waals surface area (Å²) in [5.74, 6) is -1.95. The Morgan fingerprint density at radius 1 is 0.900 bits per heavy atom. The third kappa shape index (κ3) is 9.30. The molecule has 6 heterocycles. The van der Waals surface area contributed by atoms with Crippen LogP contribution in [-0.4, -0.2) is 124 Å². The third-order valence-electron chi connectivity index (χ3n) is 12.0. The number of nitrogens with zero attached hydrogens (tertiary/aromatic N) is 9. The van der Waals surface area contributed by atoms with E-state index in [1.54, 1.807) is 44.2 Å². The minimum absolute atomic E-state index is 0.0107. The Labute approximate surface area is 397 Å². The van der Waals surface area contributed by atoms with Crippen LogP contribution in [0.25, 0.3) is 22.3 Å². The molecule has 0 aliphatic carbocycles. The van der Waals surface area contributed by atoms with Gasteiger partial charge in [0.25, 0.3) is 11.5 Å². The number of carbonyl (C=O) groups excluding carboxylic acids is 2. The van der Waals surface area contributed by atoms with Crippen molar-refractivity contribution < 1.29 is 60.2 Å². The maximum Gasteiger partial charge on any atom is 0.342 e. The van der Waals surface area contributed by atoms with Crippen molar-refractivity contribution in [3.63, 3.8) is 0 Å². The van der Waals surface area contributed by atoms with Crippen LogP contribution in [0.3, 0.4) is 0 Å². The maximum absolute atomic E-state index is 17.7. The van der Waals surface area contributed by atoms with Crippen LogP contribution in [0.5, 0.6) is 0 Å². The summed E-state index contributed by atoms with van der Waals surface area (Å²) in [6.45, 7) is 5.34. The second kappa shape index (κ2) is 21.0. The Bertz CT molecular complexity index is 3000. The number of amides is 2. The fourth-order valence-corrected chi connectivity index (χ4v) is 12.3. The van der Waals surface area contributed by atoms with Gasteiger partial charge in [-0.2, -0.15) is 15.5 Å². The van der Waals surface area contributed by atoms with Gasteiger partial charge in [0.1, 0.15) is 28.8 Å². The van der Waals surface area contributed by atoms with Crippen LogP contribution < -0.4 is 16.2 Å². The number of fused-ring (bicyclic) bond motifs is 2. The smallest absolute Gasteiger partial charge is 0.342 e. The van der Waals surface area contributed by atoms with E-state index in [9.17, 15) is 30.0 Å². The molecule has 28 heteroatoms. The van der Waals surface area contributed by atoms with Crippen molar-refractivity contribution >= 4 is 61.1 Å². The van der Waals surface area contributed by atoms with Gasteiger partial charge in [-0.1, -0.05) is 38.1 Å². The molecule has 24 nitrogen and oxygen atoms in total. The number of ether oxygens (including phenoxy) is 2. The van der Waals surface area contributed by atoms with Gasteiger partial charge in [-0.3, -0.25) is 42.9 Å². The predicted octanol–water partition coefficient (Wildman–Crippen LogP) is 5.25. The van der Waals surface area contributed by atoms with Crippen molar-refractivity contribution in [1.29, 1.82) is 10.5 Å². The number of benzene rings is 1. The normalized spacial score (nSPS) is 26.1. The lowest BCUT2D eigenvalue weighted by molar-refractivity contribution is -0.118. The average Bonchev–Trinajstić information content (AvgIpc) is 4.10. The number of aromatic nitrogens is 8. The molecule has 70 heavy (non-hydrogen) atoms. The number of aliphatic hydroxyl groups is 1. The van der Waals surface area contributed by atoms with Gasteiger partial charge < -0.3 is 38.0 Å². The van der Waals surface area contributed by atoms with E-state index in [0.29, 0.717) is 5.56 Å². The number of aliphatic hydroxyl groups excluding tert-OH is 1. The lowest BCUT2D eigenvalue weighted by Crippen LogP contribution is -2.48. The van der Waals surface area contributed by atoms with Gasteiger partial charge in [0.2, 0.25) is 11.9 Å². The quantitative estimate of drug-likeness (QED) is 0.0414. The lowest BCUT2D eigenvalue weighted by atomic mass is 10.0. The molecule has 0 spiro atoms. The van der Waals surface area contributed by atoms with Gasteiger partial charge in [-0.25, -0.2) is 28.7 Å². The van der Waals surface area contributed by atoms with E-state index in [2.05, 4.69) is 47.1 Å². The van der Waals surface area contributed by atoms with Gasteiger partial charge in [-0.05, 0) is 26.0 Å². The van der Waals surface area contributed by atoms with Crippen LogP contribution in [0, 0.1) is 28.6 Å². The van der Waals surface area contributed by atoms with Crippen molar-refractivity contribution in [3.05, 3.63) is 77.9 Å². The number of nitrogens with one attached hydrogen (secondary N) is 3. The molecule has 2 saturated heterocycles. The van der Waals surface area contributed by atoms with Gasteiger partial charge in [0.15, 0.2) is 52.9 Å². The first-order chi connectivity index (χ1) is 33.4. The first-order valence-electron chi connectivity index (χ1n) is 21.6. The van der Waals surface area contributed by atoms with Crippen molar-refractivity contribution in [2.24, 2.45) is 5.92 Å². The molecule has 4 N–H and O–H groups in total. The zero-order valence-corrected chi connectivity index (χ0v) is 39.8. The summed E-state index contributed by atoms with van der Waals surface area (Å²) < 4.78 is 104. The van der Waals surface area contributed by atoms with Crippen LogP contribution in [0.2, 0.25) is 0 Å². The Morgan fingerprint density at radius 2 is 1.49 bits per heavy atom. The lowest BCUT2D eigenvalue weighted by Gasteiger charge is -2.39. The maximum atomic E-state index is 17.7. The molecule has 0 saturated carbocycles. The molecule has 2 aliphatic rings. The number of anilines is 2. The number of hydrogen-bond donors (Lipinski definition) is 4. The van der Waals surface area contributed by atoms with Gasteiger partial charge in [-0.15, -0.1) is 6.58 Å². The zero-order valence-electron chi connectivity index (χ0n) is 38.0. The third-order valence-corrected chi connectivity index (χ3v) is 17.4. The molecule has 6 unspecified atom stereocenters. The highest BCUT2D eigenvalue weighted by Gasteiger charge is 2.70. The Morgan fingerprint density at radius 3 is 2.09 bits per heavy atom. The summed E-state index contributed by atoms with van der Waals surface area (Å²) >= 11 is 0. The van der Waals surface area contributed by atoms with Crippen LogP contribution >= 0.6 is 15.2 Å². The van der Waals surface area contributed by atoms with E-state index >= 15 is 17.9 Å². The second-order valence-corrected chi connectivity index (χ2v) is 21.5. The monoisotopic (exact) mass is 1010 g/mol. The van der Waals surface area contributed by atoms with E-state index in [-0.39, 0.29) is 40.5 Å². The first-order valence-corrected chi connectivity index (χ1v) is 24.7. The van der Waals surface area contributed by atoms with E-state index in [1.165, 1.54) is 6.08 Å². The number of nitriles is 2. The fourth-order valence-electron chi connectivity index (χ4n) is 7.89. The average molecular weight is 1010 g/mol. The largest absolute Gasteiger partial charge is 0.394 e. The van der Waals surface area contributed by atoms with Crippen LogP contribution in [0.4, 0.5) is 20.5 Å². The topological polar surface area (TPSA) is 323 Å². The van der Waals surface area contributed by atoms with E-state index < -0.39 is 125 Å². The molecule has 2 fully saturated rings. The number of imidazole rings is 2. The van der Waals surface area contributed by atoms with Crippen molar-refractivity contribution in [2.45, 2.75) is 87.9 Å². The number of rotatable bonds is 21. The van der Waals surface area contributed by atoms with Gasteiger partial charge in [0, 0.05) is 11.5 Å². The second-order valence-electron chi connectivity index (χ2n) is 16.6. The summed E-state index contributed by atoms with van der Waals surface area (Å²) in [6, 6.07) is 11.9. The molecular formula is C42H48F2N12O12P2. The molecule has 1 aromatic carbocycles. The van der Waals surface area contributed by atoms with Crippen molar-refractivity contribution in [2.75, 3.05) is 43.7 Å². The minimum atomic E-state index is -5.17. The number of alkyl halides is 2. The summed E-state index contributed by atoms with van der Waals surface area (Å²) in [5, 5.41) is 29.7. The summed E-state index contributed by atoms with van der Waals surface area (Å²) in [4.78, 5) is 62.1. The van der Waals surface area contributed by atoms with Gasteiger partial charge >= 0.3 is 15.2 Å². The van der Waals surface area contributed by atoms with E-state index in [4.69, 9.17) is 27.6 Å². The number of halogens is 2. The minimum Gasteiger partial charge on any atom is -0.394 e. The van der Waals surface area contributed by atoms with Crippen LogP contribution in [-0.2, 0) is 41.5 Å². The van der Waals surface area contributed by atoms with Crippen LogP contribution in [0.1, 0.15) is 63.4 Å². The molecule has 5 aromatic rings. The van der Waals surface area contributed by atoms with Crippen molar-refractivity contribution in [1.82, 2.24) is 39.0 Å². The molecule has 4 aromatic heterocycles. The highest BCUT2D eigenvalue weighted by atomic mass is 31.2. The summed E-state index contributed by atoms with van der Waals surface area (Å²) in [6.07, 6.45) is -8.41. The summed E-state index contributed by atoms with van der Waals surface area (Å²) in [7, 11) is -10.1. The predicted molar refractivity (Wildman–Crippen MR) is 243 cm³/mol. The Hall–Kier alpha value is -6.18. The molecule has 0 bridgehead atoms.